The number of fused-ring (bicyclic) bond motifs is 2. The molecule has 0 amide bonds. The third-order valence-corrected chi connectivity index (χ3v) is 8.57. The van der Waals surface area contributed by atoms with Crippen LogP contribution < -0.4 is 17.0 Å². The van der Waals surface area contributed by atoms with Gasteiger partial charge in [0.1, 0.15) is 48.5 Å². The van der Waals surface area contributed by atoms with Crippen LogP contribution in [0.2, 0.25) is 0 Å². The Kier molecular flexibility index (Phi) is 8.43. The molecule has 0 aromatic carbocycles. The lowest BCUT2D eigenvalue weighted by Crippen LogP contribution is -2.36. The number of rotatable bonds is 10. The maximum absolute atomic E-state index is 13.1. The fourth-order valence-electron chi connectivity index (χ4n) is 5.00. The topological polar surface area (TPSA) is 361 Å². The lowest BCUT2D eigenvalue weighted by atomic mass is 10.1. The summed E-state index contributed by atoms with van der Waals surface area (Å²) in [6.07, 6.45) is -9.37. The number of H-pyrrole nitrogens is 1. The number of nitrogens with one attached hydrogen (secondary N) is 1. The number of anilines is 2. The van der Waals surface area contributed by atoms with Crippen molar-refractivity contribution in [2.45, 2.75) is 49.1 Å². The summed E-state index contributed by atoms with van der Waals surface area (Å²) in [5, 5.41) is 32.2. The number of aliphatic hydroxyl groups is 3. The highest BCUT2D eigenvalue weighted by Gasteiger charge is 2.51. The molecule has 2 saturated heterocycles. The lowest BCUT2D eigenvalue weighted by Gasteiger charge is -2.25. The molecule has 0 bridgehead atoms. The average molecular weight is 692 g/mol. The number of aromatic nitrogens is 8. The molecule has 6 heterocycles. The van der Waals surface area contributed by atoms with Gasteiger partial charge in [0.05, 0.1) is 25.9 Å². The number of nitrogens with two attached hydrogens (primary N) is 2. The smallest absolute Gasteiger partial charge is 0.387 e. The normalized spacial score (nSPS) is 30.0. The predicted octanol–water partition coefficient (Wildman–Crippen LogP) is -3.39. The van der Waals surface area contributed by atoms with Crippen LogP contribution in [0.1, 0.15) is 12.5 Å². The summed E-state index contributed by atoms with van der Waals surface area (Å²) in [5.41, 5.74) is 10.6. The molecule has 1 unspecified atom stereocenters. The molecule has 250 valence electrons. The molecule has 9 atom stereocenters. The average Bonchev–Trinajstić information content (AvgIpc) is 3.73. The Balaban J connectivity index is 1.20. The number of phosphoric ester groups is 2. The van der Waals surface area contributed by atoms with Gasteiger partial charge in [-0.25, -0.2) is 29.1 Å². The van der Waals surface area contributed by atoms with E-state index in [1.165, 1.54) is 10.9 Å². The van der Waals surface area contributed by atoms with Crippen LogP contribution >= 0.6 is 15.6 Å². The number of hydrogen-bond donors (Lipinski definition) is 9. The summed E-state index contributed by atoms with van der Waals surface area (Å²) >= 11 is 0. The molecule has 6 rings (SSSR count). The Morgan fingerprint density at radius 3 is 2.20 bits per heavy atom. The van der Waals surface area contributed by atoms with E-state index in [4.69, 9.17) is 39.8 Å². The van der Waals surface area contributed by atoms with Crippen molar-refractivity contribution >= 4 is 49.7 Å². The Bertz CT molecular complexity index is 1910. The fraction of sp³-hybridized carbons (Fsp3) is 0.500. The van der Waals surface area contributed by atoms with Gasteiger partial charge in [0.2, 0.25) is 5.95 Å². The lowest BCUT2D eigenvalue weighted by molar-refractivity contribution is -0.0613. The number of aliphatic hydroxyl groups excluding tert-OH is 3. The van der Waals surface area contributed by atoms with Gasteiger partial charge in [-0.2, -0.15) is 4.98 Å². The van der Waals surface area contributed by atoms with Crippen molar-refractivity contribution in [2.24, 2.45) is 0 Å². The number of nitrogen functional groups attached to an aromatic ring is 2. The molecule has 46 heavy (non-hydrogen) atoms. The first kappa shape index (κ1) is 32.5. The second kappa shape index (κ2) is 12.0. The molecule has 0 aliphatic carbocycles. The fourth-order valence-corrected chi connectivity index (χ4v) is 6.27. The first-order valence-corrected chi connectivity index (χ1v) is 16.0. The summed E-state index contributed by atoms with van der Waals surface area (Å²) in [6.45, 7) is -1.73. The van der Waals surface area contributed by atoms with Crippen LogP contribution in [-0.4, -0.2) is 119 Å². The van der Waals surface area contributed by atoms with Gasteiger partial charge in [0.25, 0.3) is 5.56 Å². The van der Waals surface area contributed by atoms with Crippen molar-refractivity contribution in [3.8, 4) is 0 Å². The molecule has 0 spiro atoms. The second-order valence-corrected chi connectivity index (χ2v) is 12.7. The zero-order valence-corrected chi connectivity index (χ0v) is 24.7. The molecule has 26 heteroatoms. The number of imidazole rings is 2. The van der Waals surface area contributed by atoms with Gasteiger partial charge >= 0.3 is 15.6 Å². The summed E-state index contributed by atoms with van der Waals surface area (Å²) < 4.78 is 52.7. The molecule has 4 aromatic heterocycles. The molecule has 2 aliphatic heterocycles. The van der Waals surface area contributed by atoms with Crippen molar-refractivity contribution in [3.05, 3.63) is 29.3 Å². The van der Waals surface area contributed by atoms with E-state index >= 15 is 0 Å². The van der Waals surface area contributed by atoms with Crippen molar-refractivity contribution in [1.29, 1.82) is 0 Å². The summed E-state index contributed by atoms with van der Waals surface area (Å²) in [7, 11) is -10.3. The van der Waals surface area contributed by atoms with E-state index in [2.05, 4.69) is 34.4 Å². The molecule has 24 nitrogen and oxygen atoms in total. The van der Waals surface area contributed by atoms with Crippen LogP contribution in [-0.2, 0) is 32.2 Å². The van der Waals surface area contributed by atoms with E-state index in [0.29, 0.717) is 0 Å². The predicted molar refractivity (Wildman–Crippen MR) is 147 cm³/mol. The van der Waals surface area contributed by atoms with Crippen molar-refractivity contribution in [2.75, 3.05) is 24.7 Å². The summed E-state index contributed by atoms with van der Waals surface area (Å²) in [5.74, 6) is -0.278. The SMILES string of the molecule is Nc1nc2c(ncn2[C@@H]2O[C@H](COP(=O)(O)O)[C@@H](O)[C@H]2OP(=O)(O)OC[C@H]2O[C@@H](n3cnc4c(N)ncnc43)[C@H](O)[C@@H]2O)c(=O)[nH]1. The van der Waals surface area contributed by atoms with E-state index < -0.39 is 83.5 Å². The molecular formula is C20H26N10O14P2. The quantitative estimate of drug-likeness (QED) is 0.0731. The van der Waals surface area contributed by atoms with Crippen LogP contribution in [0.15, 0.2) is 23.8 Å². The molecule has 0 radical (unpaired) electrons. The Labute approximate surface area is 254 Å². The Hall–Kier alpha value is -3.48. The van der Waals surface area contributed by atoms with Crippen molar-refractivity contribution < 1.29 is 62.2 Å². The minimum atomic E-state index is -5.21. The minimum absolute atomic E-state index is 0.0525. The van der Waals surface area contributed by atoms with Crippen LogP contribution in [0.25, 0.3) is 22.3 Å². The highest BCUT2D eigenvalue weighted by molar-refractivity contribution is 7.47. The maximum atomic E-state index is 13.1. The second-order valence-electron chi connectivity index (χ2n) is 10.1. The molecule has 11 N–H and O–H groups in total. The number of phosphoric acid groups is 2. The third kappa shape index (κ3) is 6.14. The molecule has 0 saturated carbocycles. The van der Waals surface area contributed by atoms with Crippen molar-refractivity contribution in [1.82, 2.24) is 39.0 Å². The van der Waals surface area contributed by atoms with Gasteiger partial charge < -0.3 is 50.9 Å². The van der Waals surface area contributed by atoms with Gasteiger partial charge in [-0.3, -0.25) is 32.5 Å². The van der Waals surface area contributed by atoms with Gasteiger partial charge in [-0.05, 0) is 0 Å². The van der Waals surface area contributed by atoms with Crippen LogP contribution in [0.4, 0.5) is 11.8 Å². The zero-order valence-electron chi connectivity index (χ0n) is 22.9. The third-order valence-electron chi connectivity index (χ3n) is 7.10. The Morgan fingerprint density at radius 2 is 1.48 bits per heavy atom. The van der Waals surface area contributed by atoms with E-state index in [-0.39, 0.29) is 34.1 Å². The summed E-state index contributed by atoms with van der Waals surface area (Å²) in [4.78, 5) is 63.1. The first-order valence-electron chi connectivity index (χ1n) is 13.0. The van der Waals surface area contributed by atoms with E-state index in [1.54, 1.807) is 0 Å². The Morgan fingerprint density at radius 1 is 0.848 bits per heavy atom. The number of aromatic amines is 1. The van der Waals surface area contributed by atoms with E-state index in [9.17, 15) is 34.1 Å². The molecule has 2 aliphatic rings. The van der Waals surface area contributed by atoms with Crippen LogP contribution in [0.5, 0.6) is 0 Å². The van der Waals surface area contributed by atoms with E-state index in [1.807, 2.05) is 0 Å². The van der Waals surface area contributed by atoms with Gasteiger partial charge in [0, 0.05) is 0 Å². The first-order chi connectivity index (χ1) is 21.6. The van der Waals surface area contributed by atoms with Crippen LogP contribution in [0.3, 0.4) is 0 Å². The maximum Gasteiger partial charge on any atom is 0.472 e. The zero-order chi connectivity index (χ0) is 33.1. The highest BCUT2D eigenvalue weighted by Crippen LogP contribution is 2.50. The van der Waals surface area contributed by atoms with Gasteiger partial charge in [-0.15, -0.1) is 0 Å². The molecule has 2 fully saturated rings. The van der Waals surface area contributed by atoms with Crippen molar-refractivity contribution in [3.63, 3.8) is 0 Å². The van der Waals surface area contributed by atoms with E-state index in [0.717, 1.165) is 17.2 Å². The molecular weight excluding hydrogens is 666 g/mol. The minimum Gasteiger partial charge on any atom is -0.387 e. The number of hydrogen-bond acceptors (Lipinski definition) is 18. The summed E-state index contributed by atoms with van der Waals surface area (Å²) in [6, 6.07) is 0. The number of ether oxygens (including phenoxy) is 2. The monoisotopic (exact) mass is 692 g/mol. The standard InChI is InChI=1S/C20H26N10O14P2/c21-14-8-15(24-3-23-14)29(4-25-8)18-12(33)10(31)6(42-18)2-41-46(38,39)44-13-11(32)7(1-40-45(35,36)37)43-19(13)30-5-26-9-16(30)27-20(22)28-17(9)34/h3-7,10-13,18-19,31-33H,1-2H2,(H,38,39)(H2,21,23,24)(H2,35,36,37)(H3,22,27,28,34)/t6-,7-,10-,11-,12-,13-,18-,19-/m1/s1. The highest BCUT2D eigenvalue weighted by atomic mass is 31.2. The molecule has 4 aromatic rings. The van der Waals surface area contributed by atoms with Gasteiger partial charge in [-0.1, -0.05) is 0 Å². The number of nitrogens with zero attached hydrogens (tertiary/aromatic N) is 7. The largest absolute Gasteiger partial charge is 0.472 e. The van der Waals surface area contributed by atoms with Gasteiger partial charge in [0.15, 0.2) is 35.1 Å². The van der Waals surface area contributed by atoms with Crippen LogP contribution in [0, 0.1) is 0 Å².